The van der Waals surface area contributed by atoms with Crippen molar-refractivity contribution in [2.75, 3.05) is 0 Å². The molecule has 1 fully saturated rings. The molecule has 0 spiro atoms. The number of carbonyl (C=O) groups is 1. The lowest BCUT2D eigenvalue weighted by atomic mass is 9.71. The van der Waals surface area contributed by atoms with E-state index in [0.717, 1.165) is 31.8 Å². The van der Waals surface area contributed by atoms with Gasteiger partial charge in [-0.25, -0.2) is 4.79 Å². The highest BCUT2D eigenvalue weighted by Gasteiger charge is 2.37. The zero-order valence-electron chi connectivity index (χ0n) is 14.1. The fourth-order valence-electron chi connectivity index (χ4n) is 3.01. The minimum absolute atomic E-state index is 0.130. The van der Waals surface area contributed by atoms with E-state index >= 15 is 0 Å². The van der Waals surface area contributed by atoms with Gasteiger partial charge in [-0.15, -0.1) is 0 Å². The molecule has 1 radical (unpaired) electrons. The molecule has 1 saturated carbocycles. The number of hydrogen-bond donors (Lipinski definition) is 0. The summed E-state index contributed by atoms with van der Waals surface area (Å²) in [7, 11) is 0. The standard InChI is InChI=1S/C19H27O3/c1-5-14-10-12-15(13-11-14)18(20)22-21-17-9-7-6-8-16(17)19(2,3)4/h10-13,16H,5-9H2,1-4H3. The molecular weight excluding hydrogens is 276 g/mol. The first-order chi connectivity index (χ1) is 10.4. The van der Waals surface area contributed by atoms with Crippen LogP contribution in [-0.2, 0) is 16.2 Å². The maximum atomic E-state index is 12.1. The van der Waals surface area contributed by atoms with Crippen LogP contribution in [0.2, 0.25) is 0 Å². The molecule has 1 atom stereocenters. The summed E-state index contributed by atoms with van der Waals surface area (Å²) in [5.74, 6) is -0.0788. The van der Waals surface area contributed by atoms with Gasteiger partial charge in [-0.2, -0.15) is 4.89 Å². The maximum absolute atomic E-state index is 12.1. The minimum Gasteiger partial charge on any atom is -0.292 e. The van der Waals surface area contributed by atoms with Crippen LogP contribution in [0.4, 0.5) is 0 Å². The molecule has 0 aliphatic heterocycles. The second kappa shape index (κ2) is 7.28. The summed E-state index contributed by atoms with van der Waals surface area (Å²) in [6.07, 6.45) is 6.16. The lowest BCUT2D eigenvalue weighted by molar-refractivity contribution is -0.252. The number of carbonyl (C=O) groups excluding carboxylic acids is 1. The summed E-state index contributed by atoms with van der Waals surface area (Å²) >= 11 is 0. The first-order valence-electron chi connectivity index (χ1n) is 8.25. The van der Waals surface area contributed by atoms with Crippen molar-refractivity contribution in [3.8, 4) is 0 Å². The highest BCUT2D eigenvalue weighted by molar-refractivity contribution is 5.88. The van der Waals surface area contributed by atoms with Gasteiger partial charge in [0.2, 0.25) is 0 Å². The largest absolute Gasteiger partial charge is 0.373 e. The third-order valence-electron chi connectivity index (χ3n) is 4.42. The van der Waals surface area contributed by atoms with Crippen molar-refractivity contribution in [3.63, 3.8) is 0 Å². The van der Waals surface area contributed by atoms with Crippen LogP contribution in [0.5, 0.6) is 0 Å². The van der Waals surface area contributed by atoms with Gasteiger partial charge in [0.15, 0.2) is 6.10 Å². The molecule has 1 aliphatic rings. The van der Waals surface area contributed by atoms with Crippen LogP contribution < -0.4 is 0 Å². The van der Waals surface area contributed by atoms with E-state index in [1.165, 1.54) is 12.0 Å². The predicted molar refractivity (Wildman–Crippen MR) is 87.0 cm³/mol. The molecule has 1 aliphatic carbocycles. The lowest BCUT2D eigenvalue weighted by Crippen LogP contribution is -2.31. The quantitative estimate of drug-likeness (QED) is 0.573. The van der Waals surface area contributed by atoms with E-state index in [1.807, 2.05) is 12.1 Å². The Morgan fingerprint density at radius 2 is 1.86 bits per heavy atom. The summed E-state index contributed by atoms with van der Waals surface area (Å²) in [5.41, 5.74) is 1.86. The smallest absolute Gasteiger partial charge is 0.292 e. The molecule has 0 amide bonds. The fraction of sp³-hybridized carbons (Fsp3) is 0.579. The molecule has 22 heavy (non-hydrogen) atoms. The Hall–Kier alpha value is -1.35. The van der Waals surface area contributed by atoms with Gasteiger partial charge in [-0.3, -0.25) is 4.89 Å². The third kappa shape index (κ3) is 4.33. The summed E-state index contributed by atoms with van der Waals surface area (Å²) in [6.45, 7) is 8.70. The Labute approximate surface area is 133 Å². The molecule has 2 rings (SSSR count). The zero-order chi connectivity index (χ0) is 16.2. The van der Waals surface area contributed by atoms with E-state index < -0.39 is 5.97 Å². The highest BCUT2D eigenvalue weighted by Crippen LogP contribution is 2.43. The molecule has 0 aromatic heterocycles. The summed E-state index contributed by atoms with van der Waals surface area (Å²) < 4.78 is 0. The predicted octanol–water partition coefficient (Wildman–Crippen LogP) is 5.11. The third-order valence-corrected chi connectivity index (χ3v) is 4.42. The molecule has 0 bridgehead atoms. The van der Waals surface area contributed by atoms with Crippen LogP contribution >= 0.6 is 0 Å². The molecule has 1 unspecified atom stereocenters. The first-order valence-corrected chi connectivity index (χ1v) is 8.25. The monoisotopic (exact) mass is 303 g/mol. The van der Waals surface area contributed by atoms with Gasteiger partial charge < -0.3 is 0 Å². The number of benzene rings is 1. The lowest BCUT2D eigenvalue weighted by Gasteiger charge is -2.37. The molecule has 0 saturated heterocycles. The summed E-state index contributed by atoms with van der Waals surface area (Å²) in [6, 6.07) is 7.47. The Bertz CT molecular complexity index is 484. The molecular formula is C19H27O3. The van der Waals surface area contributed by atoms with Gasteiger partial charge >= 0.3 is 5.97 Å². The second-order valence-corrected chi connectivity index (χ2v) is 7.14. The molecule has 3 nitrogen and oxygen atoms in total. The molecule has 1 aromatic carbocycles. The number of hydrogen-bond acceptors (Lipinski definition) is 3. The van der Waals surface area contributed by atoms with Gasteiger partial charge in [0.25, 0.3) is 0 Å². The average Bonchev–Trinajstić information content (AvgIpc) is 2.52. The van der Waals surface area contributed by atoms with Crippen molar-refractivity contribution in [2.45, 2.75) is 59.8 Å². The average molecular weight is 303 g/mol. The van der Waals surface area contributed by atoms with E-state index in [1.54, 1.807) is 12.1 Å². The van der Waals surface area contributed by atoms with E-state index in [0.29, 0.717) is 11.5 Å². The van der Waals surface area contributed by atoms with Gasteiger partial charge in [-0.1, -0.05) is 52.7 Å². The maximum Gasteiger partial charge on any atom is 0.373 e. The molecule has 0 N–H and O–H groups in total. The van der Waals surface area contributed by atoms with Crippen molar-refractivity contribution < 1.29 is 14.6 Å². The van der Waals surface area contributed by atoms with Crippen molar-refractivity contribution in [1.82, 2.24) is 0 Å². The van der Waals surface area contributed by atoms with E-state index in [-0.39, 0.29) is 5.41 Å². The van der Waals surface area contributed by atoms with Crippen molar-refractivity contribution in [2.24, 2.45) is 11.3 Å². The van der Waals surface area contributed by atoms with Crippen LogP contribution in [0.3, 0.4) is 0 Å². The van der Waals surface area contributed by atoms with Crippen LogP contribution in [-0.4, -0.2) is 5.97 Å². The van der Waals surface area contributed by atoms with E-state index in [2.05, 4.69) is 27.7 Å². The van der Waals surface area contributed by atoms with Crippen LogP contribution in [0.1, 0.15) is 69.3 Å². The van der Waals surface area contributed by atoms with E-state index in [4.69, 9.17) is 9.78 Å². The number of aryl methyl sites for hydroxylation is 1. The SMILES string of the molecule is CCc1ccc(C(=O)OO[C]2CCCCC2C(C)(C)C)cc1. The minimum atomic E-state index is -0.423. The van der Waals surface area contributed by atoms with Gasteiger partial charge in [0.1, 0.15) is 0 Å². The van der Waals surface area contributed by atoms with Crippen LogP contribution in [0, 0.1) is 17.4 Å². The molecule has 121 valence electrons. The highest BCUT2D eigenvalue weighted by atomic mass is 17.2. The summed E-state index contributed by atoms with van der Waals surface area (Å²) in [5, 5.41) is 0. The van der Waals surface area contributed by atoms with Gasteiger partial charge in [0.05, 0.1) is 5.56 Å². The fourth-order valence-corrected chi connectivity index (χ4v) is 3.01. The van der Waals surface area contributed by atoms with Crippen molar-refractivity contribution in [3.05, 3.63) is 41.5 Å². The van der Waals surface area contributed by atoms with Crippen LogP contribution in [0.15, 0.2) is 24.3 Å². The van der Waals surface area contributed by atoms with Crippen molar-refractivity contribution >= 4 is 5.97 Å². The topological polar surface area (TPSA) is 35.5 Å². The van der Waals surface area contributed by atoms with Crippen molar-refractivity contribution in [1.29, 1.82) is 0 Å². The molecule has 1 aromatic rings. The Morgan fingerprint density at radius 3 is 2.45 bits per heavy atom. The normalized spacial score (nSPS) is 19.9. The molecule has 0 heterocycles. The van der Waals surface area contributed by atoms with Gasteiger partial charge in [-0.05, 0) is 42.4 Å². The Kier molecular flexibility index (Phi) is 5.63. The Balaban J connectivity index is 1.93. The zero-order valence-corrected chi connectivity index (χ0v) is 14.1. The first kappa shape index (κ1) is 17.0. The summed E-state index contributed by atoms with van der Waals surface area (Å²) in [4.78, 5) is 22.6. The van der Waals surface area contributed by atoms with Crippen LogP contribution in [0.25, 0.3) is 0 Å². The number of rotatable bonds is 4. The van der Waals surface area contributed by atoms with Gasteiger partial charge in [0, 0.05) is 5.92 Å². The Morgan fingerprint density at radius 1 is 1.18 bits per heavy atom. The second-order valence-electron chi connectivity index (χ2n) is 7.14. The van der Waals surface area contributed by atoms with E-state index in [9.17, 15) is 4.79 Å². The molecule has 3 heteroatoms.